The van der Waals surface area contributed by atoms with Gasteiger partial charge in [-0.05, 0) is 53.7 Å². The molecule has 1 aromatic rings. The van der Waals surface area contributed by atoms with Crippen LogP contribution in [0.3, 0.4) is 0 Å². The van der Waals surface area contributed by atoms with Crippen molar-refractivity contribution >= 4 is 5.97 Å². The first kappa shape index (κ1) is 23.5. The lowest BCUT2D eigenvalue weighted by Gasteiger charge is -2.28. The molecule has 0 bridgehead atoms. The van der Waals surface area contributed by atoms with Gasteiger partial charge in [0.15, 0.2) is 0 Å². The Balaban J connectivity index is 2.87. The van der Waals surface area contributed by atoms with Gasteiger partial charge in [-0.15, -0.1) is 0 Å². The van der Waals surface area contributed by atoms with Crippen molar-refractivity contribution in [3.05, 3.63) is 28.8 Å². The minimum absolute atomic E-state index is 0.0147. The molecular weight excluding hydrogens is 336 g/mol. The largest absolute Gasteiger partial charge is 0.507 e. The van der Waals surface area contributed by atoms with Crippen molar-refractivity contribution in [1.29, 1.82) is 0 Å². The van der Waals surface area contributed by atoms with Crippen LogP contribution < -0.4 is 0 Å². The zero-order valence-electron chi connectivity index (χ0n) is 18.7. The van der Waals surface area contributed by atoms with Gasteiger partial charge in [-0.3, -0.25) is 4.79 Å². The number of carbonyl (C=O) groups is 1. The molecule has 0 aliphatic carbocycles. The maximum atomic E-state index is 12.2. The van der Waals surface area contributed by atoms with Gasteiger partial charge in [0.1, 0.15) is 5.75 Å². The van der Waals surface area contributed by atoms with E-state index >= 15 is 0 Å². The second kappa shape index (κ2) is 9.61. The fraction of sp³-hybridized carbons (Fsp3) is 0.708. The summed E-state index contributed by atoms with van der Waals surface area (Å²) >= 11 is 0. The highest BCUT2D eigenvalue weighted by atomic mass is 16.5. The van der Waals surface area contributed by atoms with Crippen molar-refractivity contribution in [2.45, 2.75) is 111 Å². The number of phenolic OH excluding ortho intramolecular Hbond substituents is 1. The number of carbonyl (C=O) groups excluding carboxylic acids is 1. The Kier molecular flexibility index (Phi) is 8.38. The normalized spacial score (nSPS) is 13.5. The lowest BCUT2D eigenvalue weighted by atomic mass is 9.78. The molecule has 0 spiro atoms. The van der Waals surface area contributed by atoms with Crippen molar-refractivity contribution in [2.75, 3.05) is 0 Å². The Labute approximate surface area is 166 Å². The summed E-state index contributed by atoms with van der Waals surface area (Å²) in [5.41, 5.74) is 2.64. The average molecular weight is 377 g/mol. The van der Waals surface area contributed by atoms with Crippen LogP contribution in [0.25, 0.3) is 0 Å². The fourth-order valence-electron chi connectivity index (χ4n) is 3.25. The summed E-state index contributed by atoms with van der Waals surface area (Å²) in [5.74, 6) is 0.243. The van der Waals surface area contributed by atoms with Crippen molar-refractivity contribution < 1.29 is 14.6 Å². The fourth-order valence-corrected chi connectivity index (χ4v) is 3.25. The first-order valence-corrected chi connectivity index (χ1v) is 10.4. The molecule has 1 atom stereocenters. The number of hydrogen-bond donors (Lipinski definition) is 1. The first-order chi connectivity index (χ1) is 12.4. The number of benzene rings is 1. The minimum Gasteiger partial charge on any atom is -0.507 e. The highest BCUT2D eigenvalue weighted by Gasteiger charge is 2.26. The Bertz CT molecular complexity index is 582. The molecule has 0 aliphatic heterocycles. The third-order valence-electron chi connectivity index (χ3n) is 4.95. The zero-order valence-corrected chi connectivity index (χ0v) is 18.7. The maximum Gasteiger partial charge on any atom is 0.306 e. The molecule has 1 N–H and O–H groups in total. The third-order valence-corrected chi connectivity index (χ3v) is 4.95. The van der Waals surface area contributed by atoms with E-state index in [4.69, 9.17) is 4.74 Å². The molecule has 154 valence electrons. The predicted octanol–water partition coefficient (Wildman–Crippen LogP) is 6.43. The highest BCUT2D eigenvalue weighted by molar-refractivity contribution is 5.70. The van der Waals surface area contributed by atoms with E-state index in [-0.39, 0.29) is 22.9 Å². The van der Waals surface area contributed by atoms with Crippen LogP contribution in [-0.4, -0.2) is 17.2 Å². The molecule has 1 unspecified atom stereocenters. The van der Waals surface area contributed by atoms with Crippen LogP contribution >= 0.6 is 0 Å². The number of esters is 1. The van der Waals surface area contributed by atoms with Gasteiger partial charge in [-0.2, -0.15) is 0 Å². The number of ether oxygens (including phenoxy) is 1. The van der Waals surface area contributed by atoms with Gasteiger partial charge in [-0.1, -0.05) is 73.4 Å². The van der Waals surface area contributed by atoms with Gasteiger partial charge >= 0.3 is 5.97 Å². The topological polar surface area (TPSA) is 46.5 Å². The molecule has 0 aromatic heterocycles. The van der Waals surface area contributed by atoms with E-state index in [1.54, 1.807) is 0 Å². The van der Waals surface area contributed by atoms with Gasteiger partial charge in [0.05, 0.1) is 6.10 Å². The summed E-state index contributed by atoms with van der Waals surface area (Å²) < 4.78 is 5.55. The van der Waals surface area contributed by atoms with Crippen molar-refractivity contribution in [2.24, 2.45) is 0 Å². The van der Waals surface area contributed by atoms with Crippen LogP contribution in [0, 0.1) is 0 Å². The molecular formula is C24H40O3. The minimum atomic E-state index is -0.158. The second-order valence-corrected chi connectivity index (χ2v) is 9.84. The van der Waals surface area contributed by atoms with E-state index in [0.29, 0.717) is 18.6 Å². The summed E-state index contributed by atoms with van der Waals surface area (Å²) in [5, 5.41) is 10.8. The van der Waals surface area contributed by atoms with Crippen molar-refractivity contribution in [3.63, 3.8) is 0 Å². The molecule has 0 fully saturated rings. The van der Waals surface area contributed by atoms with Crippen LogP contribution in [0.15, 0.2) is 12.1 Å². The van der Waals surface area contributed by atoms with E-state index < -0.39 is 0 Å². The van der Waals surface area contributed by atoms with Gasteiger partial charge in [-0.25, -0.2) is 0 Å². The van der Waals surface area contributed by atoms with Crippen molar-refractivity contribution in [3.8, 4) is 5.75 Å². The molecule has 1 aromatic carbocycles. The smallest absolute Gasteiger partial charge is 0.306 e. The number of unbranched alkanes of at least 4 members (excludes halogenated alkanes) is 2. The lowest BCUT2D eigenvalue weighted by molar-refractivity contribution is -0.148. The summed E-state index contributed by atoms with van der Waals surface area (Å²) in [7, 11) is 0. The summed E-state index contributed by atoms with van der Waals surface area (Å²) in [6.07, 6.45) is 5.38. The van der Waals surface area contributed by atoms with Crippen LogP contribution in [0.5, 0.6) is 5.75 Å². The molecule has 0 radical (unpaired) electrons. The average Bonchev–Trinajstić information content (AvgIpc) is 2.51. The molecule has 1 rings (SSSR count). The summed E-state index contributed by atoms with van der Waals surface area (Å²) in [6.45, 7) is 16.8. The van der Waals surface area contributed by atoms with Crippen molar-refractivity contribution in [1.82, 2.24) is 0 Å². The SMILES string of the molecule is CCCCCC(C)OC(=O)CCc1cc(C(C)(C)C)c(O)c(C(C)(C)C)c1. The number of hydrogen-bond acceptors (Lipinski definition) is 3. The van der Waals surface area contributed by atoms with E-state index in [0.717, 1.165) is 29.5 Å². The molecule has 0 saturated carbocycles. The molecule has 0 amide bonds. The predicted molar refractivity (Wildman–Crippen MR) is 114 cm³/mol. The third kappa shape index (κ3) is 7.56. The monoisotopic (exact) mass is 376 g/mol. The molecule has 0 heterocycles. The van der Waals surface area contributed by atoms with E-state index in [1.807, 2.05) is 19.1 Å². The number of aryl methyl sites for hydroxylation is 1. The standard InChI is InChI=1S/C24H40O3/c1-9-10-11-12-17(2)27-21(25)14-13-18-15-19(23(3,4)5)22(26)20(16-18)24(6,7)8/h15-17,26H,9-14H2,1-8H3. The van der Waals surface area contributed by atoms with E-state index in [1.165, 1.54) is 12.8 Å². The Hall–Kier alpha value is -1.51. The first-order valence-electron chi connectivity index (χ1n) is 10.4. The van der Waals surface area contributed by atoms with Crippen LogP contribution in [0.1, 0.15) is 104 Å². The zero-order chi connectivity index (χ0) is 20.8. The Morgan fingerprint density at radius 3 is 2.00 bits per heavy atom. The Morgan fingerprint density at radius 1 is 1.04 bits per heavy atom. The van der Waals surface area contributed by atoms with Gasteiger partial charge in [0, 0.05) is 6.42 Å². The number of rotatable bonds is 8. The molecule has 27 heavy (non-hydrogen) atoms. The number of phenols is 1. The maximum absolute atomic E-state index is 12.2. The molecule has 3 nitrogen and oxygen atoms in total. The quantitative estimate of drug-likeness (QED) is 0.420. The molecule has 3 heteroatoms. The van der Waals surface area contributed by atoms with Crippen LogP contribution in [-0.2, 0) is 26.8 Å². The second-order valence-electron chi connectivity index (χ2n) is 9.84. The lowest BCUT2D eigenvalue weighted by Crippen LogP contribution is -2.18. The van der Waals surface area contributed by atoms with Crippen LogP contribution in [0.4, 0.5) is 0 Å². The summed E-state index contributed by atoms with van der Waals surface area (Å²) in [6, 6.07) is 4.09. The number of aromatic hydroxyl groups is 1. The molecule has 0 saturated heterocycles. The van der Waals surface area contributed by atoms with Gasteiger partial charge in [0.2, 0.25) is 0 Å². The van der Waals surface area contributed by atoms with Crippen LogP contribution in [0.2, 0.25) is 0 Å². The molecule has 0 aliphatic rings. The summed E-state index contributed by atoms with van der Waals surface area (Å²) in [4.78, 5) is 12.2. The van der Waals surface area contributed by atoms with Gasteiger partial charge < -0.3 is 9.84 Å². The van der Waals surface area contributed by atoms with E-state index in [9.17, 15) is 9.90 Å². The van der Waals surface area contributed by atoms with Gasteiger partial charge in [0.25, 0.3) is 0 Å². The Morgan fingerprint density at radius 2 is 1.56 bits per heavy atom. The van der Waals surface area contributed by atoms with E-state index in [2.05, 4.69) is 48.5 Å². The highest BCUT2D eigenvalue weighted by Crippen LogP contribution is 2.40.